The maximum absolute atomic E-state index is 12.1. The van der Waals surface area contributed by atoms with Gasteiger partial charge in [-0.2, -0.15) is 0 Å². The molecular formula is C17H23ClN2O2. The molecule has 1 N–H and O–H groups in total. The maximum Gasteiger partial charge on any atom is 0.230 e. The number of halogens is 1. The fraction of sp³-hybridized carbons (Fsp3) is 0.471. The summed E-state index contributed by atoms with van der Waals surface area (Å²) in [7, 11) is 0. The summed E-state index contributed by atoms with van der Waals surface area (Å²) in [5, 5.41) is 2.75. The fourth-order valence-electron chi connectivity index (χ4n) is 1.64. The number of nitrogens with one attached hydrogen (secondary N) is 1. The van der Waals surface area contributed by atoms with Gasteiger partial charge in [-0.15, -0.1) is 11.6 Å². The molecule has 1 amide bonds. The van der Waals surface area contributed by atoms with E-state index in [1.54, 1.807) is 12.1 Å². The van der Waals surface area contributed by atoms with Crippen molar-refractivity contribution in [1.82, 2.24) is 4.98 Å². The van der Waals surface area contributed by atoms with Crippen LogP contribution in [0.1, 0.15) is 56.6 Å². The second-order valence-electron chi connectivity index (χ2n) is 6.13. The number of alkyl halides is 1. The van der Waals surface area contributed by atoms with Crippen molar-refractivity contribution in [3.8, 4) is 0 Å². The van der Waals surface area contributed by atoms with E-state index in [0.29, 0.717) is 23.0 Å². The van der Waals surface area contributed by atoms with Crippen LogP contribution in [0.4, 0.5) is 5.82 Å². The van der Waals surface area contributed by atoms with Gasteiger partial charge in [0.15, 0.2) is 5.78 Å². The van der Waals surface area contributed by atoms with E-state index < -0.39 is 5.41 Å². The number of ketones is 1. The third-order valence-electron chi connectivity index (χ3n) is 3.00. The number of carbonyl (C=O) groups is 2. The first-order valence-corrected chi connectivity index (χ1v) is 7.85. The molecule has 4 nitrogen and oxygen atoms in total. The third-order valence-corrected chi connectivity index (χ3v) is 3.27. The average molecular weight is 323 g/mol. The van der Waals surface area contributed by atoms with Crippen LogP contribution in [-0.2, 0) is 4.79 Å². The Balaban J connectivity index is 3.03. The van der Waals surface area contributed by atoms with Crippen LogP contribution in [0.5, 0.6) is 0 Å². The van der Waals surface area contributed by atoms with Crippen molar-refractivity contribution in [2.45, 2.75) is 40.5 Å². The van der Waals surface area contributed by atoms with Crippen LogP contribution in [0, 0.1) is 5.41 Å². The number of Topliss-reactive ketones (excluding diaryl/α,β-unsaturated/α-hetero) is 1. The predicted molar refractivity (Wildman–Crippen MR) is 91.3 cm³/mol. The Hall–Kier alpha value is -1.68. The first-order chi connectivity index (χ1) is 10.3. The van der Waals surface area contributed by atoms with Crippen molar-refractivity contribution in [2.75, 3.05) is 11.2 Å². The summed E-state index contributed by atoms with van der Waals surface area (Å²) >= 11 is 5.63. The number of allylic oxidation sites excluding steroid dienone is 1. The fourth-order valence-corrected chi connectivity index (χ4v) is 1.79. The first kappa shape index (κ1) is 18.4. The van der Waals surface area contributed by atoms with Crippen LogP contribution >= 0.6 is 11.6 Å². The number of carbonyl (C=O) groups excluding carboxylic acids is 2. The van der Waals surface area contributed by atoms with Crippen LogP contribution in [-0.4, -0.2) is 22.6 Å². The Morgan fingerprint density at radius 1 is 1.32 bits per heavy atom. The zero-order valence-electron chi connectivity index (χ0n) is 13.6. The van der Waals surface area contributed by atoms with Crippen LogP contribution in [0.2, 0.25) is 0 Å². The normalized spacial score (nSPS) is 11.7. The van der Waals surface area contributed by atoms with Crippen LogP contribution in [0.25, 0.3) is 6.08 Å². The molecule has 1 aromatic heterocycles. The Bertz CT molecular complexity index is 575. The molecule has 0 aliphatic heterocycles. The summed E-state index contributed by atoms with van der Waals surface area (Å²) in [4.78, 5) is 28.2. The molecule has 0 radical (unpaired) electrons. The lowest BCUT2D eigenvalue weighted by Gasteiger charge is -2.18. The summed E-state index contributed by atoms with van der Waals surface area (Å²) in [6.07, 6.45) is 5.61. The van der Waals surface area contributed by atoms with Gasteiger partial charge in [0, 0.05) is 11.3 Å². The molecule has 0 atom stereocenters. The van der Waals surface area contributed by atoms with Gasteiger partial charge in [-0.25, -0.2) is 4.98 Å². The van der Waals surface area contributed by atoms with Gasteiger partial charge in [-0.05, 0) is 38.0 Å². The Kier molecular flexibility index (Phi) is 6.75. The molecule has 0 spiro atoms. The van der Waals surface area contributed by atoms with Gasteiger partial charge in [0.25, 0.3) is 0 Å². The zero-order valence-corrected chi connectivity index (χ0v) is 14.3. The van der Waals surface area contributed by atoms with E-state index in [-0.39, 0.29) is 11.7 Å². The van der Waals surface area contributed by atoms with Crippen LogP contribution in [0.15, 0.2) is 18.2 Å². The van der Waals surface area contributed by atoms with Gasteiger partial charge in [-0.3, -0.25) is 9.59 Å². The van der Waals surface area contributed by atoms with Gasteiger partial charge in [0.2, 0.25) is 5.91 Å². The van der Waals surface area contributed by atoms with Crippen LogP contribution < -0.4 is 5.32 Å². The largest absolute Gasteiger partial charge is 0.310 e. The monoisotopic (exact) mass is 322 g/mol. The lowest BCUT2D eigenvalue weighted by Crippen LogP contribution is -2.29. The van der Waals surface area contributed by atoms with Crippen molar-refractivity contribution in [1.29, 1.82) is 0 Å². The highest BCUT2D eigenvalue weighted by atomic mass is 35.5. The second-order valence-corrected chi connectivity index (χ2v) is 6.50. The number of unbranched alkanes of at least 4 members (excludes halogenated alkanes) is 1. The van der Waals surface area contributed by atoms with E-state index in [9.17, 15) is 9.59 Å². The minimum absolute atomic E-state index is 0.130. The molecule has 1 rings (SSSR count). The number of anilines is 1. The molecule has 0 aliphatic rings. The molecular weight excluding hydrogens is 300 g/mol. The highest BCUT2D eigenvalue weighted by Crippen LogP contribution is 2.20. The minimum Gasteiger partial charge on any atom is -0.310 e. The second kappa shape index (κ2) is 8.08. The molecule has 5 heteroatoms. The van der Waals surface area contributed by atoms with Crippen molar-refractivity contribution in [3.63, 3.8) is 0 Å². The lowest BCUT2D eigenvalue weighted by atomic mass is 9.95. The zero-order chi connectivity index (χ0) is 16.8. The molecule has 0 unspecified atom stereocenters. The molecule has 22 heavy (non-hydrogen) atoms. The van der Waals surface area contributed by atoms with Crippen molar-refractivity contribution in [2.24, 2.45) is 5.41 Å². The van der Waals surface area contributed by atoms with Crippen molar-refractivity contribution in [3.05, 3.63) is 29.5 Å². The van der Waals surface area contributed by atoms with E-state index in [0.717, 1.165) is 12.8 Å². The topological polar surface area (TPSA) is 59.1 Å². The predicted octanol–water partition coefficient (Wildman–Crippen LogP) is 4.30. The third kappa shape index (κ3) is 5.60. The highest BCUT2D eigenvalue weighted by Gasteiger charge is 2.23. The van der Waals surface area contributed by atoms with Gasteiger partial charge in [0.05, 0.1) is 11.3 Å². The van der Waals surface area contributed by atoms with Gasteiger partial charge >= 0.3 is 0 Å². The average Bonchev–Trinajstić information content (AvgIpc) is 2.42. The highest BCUT2D eigenvalue weighted by molar-refractivity contribution is 6.17. The van der Waals surface area contributed by atoms with E-state index in [4.69, 9.17) is 11.6 Å². The van der Waals surface area contributed by atoms with Gasteiger partial charge in [0.1, 0.15) is 5.82 Å². The van der Waals surface area contributed by atoms with E-state index in [1.807, 2.05) is 32.9 Å². The van der Waals surface area contributed by atoms with Crippen LogP contribution in [0.3, 0.4) is 0 Å². The number of rotatable bonds is 6. The maximum atomic E-state index is 12.1. The summed E-state index contributed by atoms with van der Waals surface area (Å²) in [5.74, 6) is 0.626. The van der Waals surface area contributed by atoms with E-state index in [2.05, 4.69) is 10.3 Å². The van der Waals surface area contributed by atoms with E-state index >= 15 is 0 Å². The minimum atomic E-state index is -0.554. The number of nitrogens with zero attached hydrogens (tertiary/aromatic N) is 1. The molecule has 0 saturated carbocycles. The van der Waals surface area contributed by atoms with Crippen molar-refractivity contribution >= 4 is 35.2 Å². The summed E-state index contributed by atoms with van der Waals surface area (Å²) in [6.45, 7) is 6.89. The summed E-state index contributed by atoms with van der Waals surface area (Å²) < 4.78 is 0. The molecule has 0 fully saturated rings. The number of amides is 1. The standard InChI is InChI=1S/C17H23ClN2O2/c1-12(21)14-10-9-13(8-6-5-7-11-18)19-15(14)20-16(22)17(2,3)4/h6,8-10H,5,7,11H2,1-4H3,(H,19,20,22). The smallest absolute Gasteiger partial charge is 0.230 e. The quantitative estimate of drug-likeness (QED) is 0.482. The molecule has 0 aromatic carbocycles. The molecule has 0 saturated heterocycles. The Morgan fingerprint density at radius 2 is 2.00 bits per heavy atom. The van der Waals surface area contributed by atoms with Gasteiger partial charge < -0.3 is 5.32 Å². The number of pyridine rings is 1. The number of hydrogen-bond donors (Lipinski definition) is 1. The molecule has 0 aliphatic carbocycles. The van der Waals surface area contributed by atoms with Crippen molar-refractivity contribution < 1.29 is 9.59 Å². The van der Waals surface area contributed by atoms with Gasteiger partial charge in [-0.1, -0.05) is 26.8 Å². The molecule has 0 bridgehead atoms. The summed E-state index contributed by atoms with van der Waals surface area (Å²) in [6, 6.07) is 3.45. The SMILES string of the molecule is CC(=O)c1ccc(C=CCCCCl)nc1NC(=O)C(C)(C)C. The number of hydrogen-bond acceptors (Lipinski definition) is 3. The molecule has 1 heterocycles. The summed E-state index contributed by atoms with van der Waals surface area (Å²) in [5.41, 5.74) is 0.557. The first-order valence-electron chi connectivity index (χ1n) is 7.31. The lowest BCUT2D eigenvalue weighted by molar-refractivity contribution is -0.123. The molecule has 120 valence electrons. The number of aromatic nitrogens is 1. The molecule has 1 aromatic rings. The Morgan fingerprint density at radius 3 is 2.55 bits per heavy atom. The van der Waals surface area contributed by atoms with E-state index in [1.165, 1.54) is 6.92 Å². The Labute approximate surface area is 137 Å².